The number of β-lactam (4-membered cyclic amide) rings is 1. The van der Waals surface area contributed by atoms with E-state index in [1.807, 2.05) is 6.92 Å². The first-order valence-electron chi connectivity index (χ1n) is 9.10. The molecular weight excluding hydrogens is 370 g/mol. The number of nitrogens with zero attached hydrogens (tertiary/aromatic N) is 2. The summed E-state index contributed by atoms with van der Waals surface area (Å²) in [6.45, 7) is 6.96. The van der Waals surface area contributed by atoms with Gasteiger partial charge in [0.1, 0.15) is 5.70 Å². The molecule has 2 saturated heterocycles. The molecular formula is C18H31N3O5S. The van der Waals surface area contributed by atoms with Crippen LogP contribution in [0.4, 0.5) is 0 Å². The molecule has 3 heterocycles. The number of carboxylic acid groups (broad SMARTS) is 1. The smallest absolute Gasteiger partial charge is 0.353 e. The maximum Gasteiger partial charge on any atom is 0.353 e. The number of hydrogen-bond donors (Lipinski definition) is 4. The molecule has 3 aliphatic rings. The van der Waals surface area contributed by atoms with Gasteiger partial charge in [0.15, 0.2) is 0 Å². The lowest BCUT2D eigenvalue weighted by Crippen LogP contribution is -2.51. The van der Waals surface area contributed by atoms with Crippen molar-refractivity contribution < 1.29 is 24.6 Å². The van der Waals surface area contributed by atoms with Crippen LogP contribution in [0.2, 0.25) is 0 Å². The maximum absolute atomic E-state index is 11.4. The topological polar surface area (TPSA) is 110 Å². The van der Waals surface area contributed by atoms with Crippen LogP contribution in [0.25, 0.3) is 0 Å². The minimum atomic E-state index is -1.06. The first kappa shape index (κ1) is 23.5. The van der Waals surface area contributed by atoms with Gasteiger partial charge in [-0.1, -0.05) is 13.8 Å². The normalized spacial score (nSPS) is 28.4. The number of hydrogen-bond acceptors (Lipinski definition) is 6. The number of aliphatic hydroxyl groups excluding tert-OH is 1. The first-order valence-corrected chi connectivity index (χ1v) is 9.55. The Hall–Kier alpha value is -1.58. The number of likely N-dealkylation sites (N-methyl/N-ethyl adjacent to an activating group) is 1. The lowest BCUT2D eigenvalue weighted by Gasteiger charge is -2.37. The van der Waals surface area contributed by atoms with Gasteiger partial charge in [-0.05, 0) is 25.8 Å². The van der Waals surface area contributed by atoms with Crippen LogP contribution in [0, 0.1) is 11.8 Å². The van der Waals surface area contributed by atoms with E-state index in [2.05, 4.69) is 24.9 Å². The summed E-state index contributed by atoms with van der Waals surface area (Å²) in [6.07, 6.45) is 1.43. The van der Waals surface area contributed by atoms with Crippen LogP contribution < -0.4 is 5.32 Å². The highest BCUT2D eigenvalue weighted by atomic mass is 32.1. The number of aliphatic hydroxyl groups is 1. The molecule has 1 unspecified atom stereocenters. The van der Waals surface area contributed by atoms with Gasteiger partial charge in [-0.15, -0.1) is 12.6 Å². The van der Waals surface area contributed by atoms with Gasteiger partial charge in [-0.25, -0.2) is 4.79 Å². The lowest BCUT2D eigenvalue weighted by atomic mass is 9.94. The van der Waals surface area contributed by atoms with Gasteiger partial charge < -0.3 is 25.3 Å². The minimum Gasteiger partial charge on any atom is -0.477 e. The van der Waals surface area contributed by atoms with Crippen molar-refractivity contribution in [2.45, 2.75) is 45.7 Å². The van der Waals surface area contributed by atoms with Gasteiger partial charge in [0.25, 0.3) is 0 Å². The molecule has 8 nitrogen and oxygen atoms in total. The molecule has 0 aromatic heterocycles. The fraction of sp³-hybridized carbons (Fsp3) is 0.722. The predicted octanol–water partition coefficient (Wildman–Crippen LogP) is 0.534. The van der Waals surface area contributed by atoms with Crippen LogP contribution in [0.15, 0.2) is 10.6 Å². The van der Waals surface area contributed by atoms with E-state index in [9.17, 15) is 14.4 Å². The van der Waals surface area contributed by atoms with E-state index >= 15 is 0 Å². The summed E-state index contributed by atoms with van der Waals surface area (Å²) in [5.74, 6) is -0.268. The Kier molecular flexibility index (Phi) is 8.77. The number of aliphatic carboxylic acids is 1. The van der Waals surface area contributed by atoms with E-state index < -0.39 is 5.97 Å². The van der Waals surface area contributed by atoms with E-state index in [0.717, 1.165) is 13.0 Å². The maximum atomic E-state index is 11.4. The zero-order valence-corrected chi connectivity index (χ0v) is 17.5. The van der Waals surface area contributed by atoms with Crippen molar-refractivity contribution in [2.75, 3.05) is 27.2 Å². The van der Waals surface area contributed by atoms with Gasteiger partial charge in [0.2, 0.25) is 11.8 Å². The van der Waals surface area contributed by atoms with Crippen molar-refractivity contribution in [3.8, 4) is 0 Å². The highest BCUT2D eigenvalue weighted by molar-refractivity contribution is 7.84. The van der Waals surface area contributed by atoms with Crippen LogP contribution in [0.3, 0.4) is 0 Å². The number of carbonyl (C=O) groups excluding carboxylic acids is 2. The molecule has 9 heteroatoms. The third kappa shape index (κ3) is 5.46. The van der Waals surface area contributed by atoms with E-state index in [0.29, 0.717) is 17.2 Å². The van der Waals surface area contributed by atoms with Crippen molar-refractivity contribution in [2.24, 2.45) is 11.8 Å². The largest absolute Gasteiger partial charge is 0.477 e. The Bertz CT molecular complexity index is 608. The van der Waals surface area contributed by atoms with Crippen LogP contribution in [0.5, 0.6) is 0 Å². The summed E-state index contributed by atoms with van der Waals surface area (Å²) in [5.41, 5.74) is 0.0667. The van der Waals surface area contributed by atoms with Crippen molar-refractivity contribution in [1.29, 1.82) is 0 Å². The SMILES string of the molecule is CCO.C[C@@H]1CN[C@H](C(=O)N(C)C)C1.C[C@H]1C(S)=C(C(=O)O)N2C(=O)CC12. The van der Waals surface area contributed by atoms with Crippen LogP contribution in [-0.4, -0.2) is 77.1 Å². The second kappa shape index (κ2) is 10.1. The monoisotopic (exact) mass is 401 g/mol. The fourth-order valence-corrected chi connectivity index (χ4v) is 3.65. The molecule has 154 valence electrons. The minimum absolute atomic E-state index is 0.0334. The van der Waals surface area contributed by atoms with Gasteiger partial charge in [0.05, 0.1) is 12.1 Å². The van der Waals surface area contributed by atoms with Crippen LogP contribution in [-0.2, 0) is 14.4 Å². The third-order valence-electron chi connectivity index (χ3n) is 4.77. The number of carbonyl (C=O) groups is 3. The summed E-state index contributed by atoms with van der Waals surface area (Å²) in [7, 11) is 3.60. The lowest BCUT2D eigenvalue weighted by molar-refractivity contribution is -0.148. The van der Waals surface area contributed by atoms with Gasteiger partial charge in [-0.3, -0.25) is 9.59 Å². The Morgan fingerprint density at radius 2 is 1.89 bits per heavy atom. The Morgan fingerprint density at radius 1 is 1.33 bits per heavy atom. The molecule has 3 rings (SSSR count). The second-order valence-corrected chi connectivity index (χ2v) is 7.70. The van der Waals surface area contributed by atoms with Crippen molar-refractivity contribution in [3.05, 3.63) is 10.6 Å². The number of carboxylic acids is 1. The molecule has 3 N–H and O–H groups in total. The molecule has 3 aliphatic heterocycles. The number of thiol groups is 1. The zero-order valence-electron chi connectivity index (χ0n) is 16.6. The summed E-state index contributed by atoms with van der Waals surface area (Å²) in [6, 6.07) is 0.103. The first-order chi connectivity index (χ1) is 12.6. The third-order valence-corrected chi connectivity index (χ3v) is 5.39. The molecule has 2 amide bonds. The van der Waals surface area contributed by atoms with Gasteiger partial charge in [-0.2, -0.15) is 0 Å². The molecule has 2 fully saturated rings. The molecule has 0 saturated carbocycles. The van der Waals surface area contributed by atoms with Gasteiger partial charge >= 0.3 is 5.97 Å². The molecule has 27 heavy (non-hydrogen) atoms. The summed E-state index contributed by atoms with van der Waals surface area (Å²) in [5, 5.41) is 19.6. The van der Waals surface area contributed by atoms with E-state index in [4.69, 9.17) is 10.2 Å². The molecule has 0 spiro atoms. The number of rotatable bonds is 2. The van der Waals surface area contributed by atoms with Crippen LogP contribution >= 0.6 is 12.6 Å². The Labute approximate surface area is 166 Å². The van der Waals surface area contributed by atoms with Crippen LogP contribution in [0.1, 0.15) is 33.6 Å². The standard InChI is InChI=1S/C8H16N2O.C8H9NO3S.C2H6O/c1-6-4-7(9-5-6)8(11)10(2)3;1-3-4-2-5(10)9(4)6(7(3)13)8(11)12;1-2-3/h6-7,9H,4-5H2,1-3H3;3-4,13H,2H2,1H3,(H,11,12);3H,2H2,1H3/t6-,7-;3-,4?;/m01./s1. The van der Waals surface area contributed by atoms with Gasteiger partial charge in [0, 0.05) is 37.9 Å². The summed E-state index contributed by atoms with van der Waals surface area (Å²) >= 11 is 4.13. The van der Waals surface area contributed by atoms with Crippen molar-refractivity contribution in [3.63, 3.8) is 0 Å². The Morgan fingerprint density at radius 3 is 2.22 bits per heavy atom. The highest BCUT2D eigenvalue weighted by Gasteiger charge is 2.50. The Balaban J connectivity index is 0.000000239. The molecule has 0 aliphatic carbocycles. The molecule has 4 atom stereocenters. The zero-order chi connectivity index (χ0) is 20.9. The number of nitrogens with one attached hydrogen (secondary N) is 1. The highest BCUT2D eigenvalue weighted by Crippen LogP contribution is 2.43. The average molecular weight is 402 g/mol. The van der Waals surface area contributed by atoms with E-state index in [1.165, 1.54) is 4.90 Å². The molecule has 0 aromatic carbocycles. The van der Waals surface area contributed by atoms with Crippen molar-refractivity contribution in [1.82, 2.24) is 15.1 Å². The number of fused-ring (bicyclic) bond motifs is 1. The quantitative estimate of drug-likeness (QED) is 0.397. The summed E-state index contributed by atoms with van der Waals surface area (Å²) < 4.78 is 0. The average Bonchev–Trinajstić information content (AvgIpc) is 3.10. The second-order valence-electron chi connectivity index (χ2n) is 7.21. The predicted molar refractivity (Wildman–Crippen MR) is 105 cm³/mol. The molecule has 0 radical (unpaired) electrons. The van der Waals surface area contributed by atoms with E-state index in [-0.39, 0.29) is 42.1 Å². The van der Waals surface area contributed by atoms with E-state index in [1.54, 1.807) is 25.9 Å². The summed E-state index contributed by atoms with van der Waals surface area (Å²) in [4.78, 5) is 36.8. The van der Waals surface area contributed by atoms with Crippen molar-refractivity contribution >= 4 is 30.4 Å². The number of amides is 2. The molecule has 0 aromatic rings. The molecule has 0 bridgehead atoms. The fourth-order valence-electron chi connectivity index (χ4n) is 3.28.